The van der Waals surface area contributed by atoms with Gasteiger partial charge in [-0.15, -0.1) is 0 Å². The largest absolute Gasteiger partial charge is 0.461 e. The molecule has 0 amide bonds. The highest BCUT2D eigenvalue weighted by molar-refractivity contribution is 6.31. The van der Waals surface area contributed by atoms with Crippen molar-refractivity contribution in [3.63, 3.8) is 0 Å². The molecule has 0 bridgehead atoms. The molecule has 0 aliphatic rings. The fourth-order valence-corrected chi connectivity index (χ4v) is 2.51. The first kappa shape index (κ1) is 17.1. The molecule has 1 N–H and O–H groups in total. The number of hydrogen-bond acceptors (Lipinski definition) is 4. The van der Waals surface area contributed by atoms with Crippen LogP contribution in [-0.2, 0) is 4.74 Å². The van der Waals surface area contributed by atoms with Gasteiger partial charge in [0.05, 0.1) is 17.8 Å². The Kier molecular flexibility index (Phi) is 4.81. The minimum atomic E-state index is -0.980. The van der Waals surface area contributed by atoms with Crippen molar-refractivity contribution >= 4 is 39.8 Å². The predicted octanol–water partition coefficient (Wildman–Crippen LogP) is 5.09. The molecular weight excluding hydrogens is 350 g/mol. The summed E-state index contributed by atoms with van der Waals surface area (Å²) in [6, 6.07) is 9.89. The van der Waals surface area contributed by atoms with Crippen molar-refractivity contribution in [1.29, 1.82) is 0 Å². The van der Waals surface area contributed by atoms with Crippen LogP contribution in [0.5, 0.6) is 0 Å². The number of ether oxygens (including phenoxy) is 1. The summed E-state index contributed by atoms with van der Waals surface area (Å²) >= 11 is 6.03. The zero-order chi connectivity index (χ0) is 18.0. The minimum absolute atomic E-state index is 0.0988. The summed E-state index contributed by atoms with van der Waals surface area (Å²) in [6.45, 7) is 1.91. The van der Waals surface area contributed by atoms with Crippen LogP contribution in [0.1, 0.15) is 17.4 Å². The van der Waals surface area contributed by atoms with E-state index in [1.165, 1.54) is 12.1 Å². The van der Waals surface area contributed by atoms with Crippen LogP contribution in [0.25, 0.3) is 10.9 Å². The molecule has 0 aliphatic carbocycles. The van der Waals surface area contributed by atoms with Crippen LogP contribution >= 0.6 is 11.6 Å². The van der Waals surface area contributed by atoms with E-state index >= 15 is 0 Å². The first-order valence-electron chi connectivity index (χ1n) is 7.47. The molecule has 2 aromatic carbocycles. The van der Waals surface area contributed by atoms with Crippen molar-refractivity contribution in [2.45, 2.75) is 6.92 Å². The van der Waals surface area contributed by atoms with Gasteiger partial charge in [-0.2, -0.15) is 0 Å². The molecule has 0 aliphatic heterocycles. The van der Waals surface area contributed by atoms with Crippen LogP contribution < -0.4 is 5.32 Å². The number of carbonyl (C=O) groups excluding carboxylic acids is 1. The maximum absolute atomic E-state index is 13.4. The van der Waals surface area contributed by atoms with E-state index in [1.807, 2.05) is 0 Å². The summed E-state index contributed by atoms with van der Waals surface area (Å²) in [5.74, 6) is -2.50. The number of fused-ring (bicyclic) bond motifs is 1. The zero-order valence-electron chi connectivity index (χ0n) is 13.1. The van der Waals surface area contributed by atoms with Crippen LogP contribution in [0.4, 0.5) is 20.2 Å². The van der Waals surface area contributed by atoms with Crippen LogP contribution in [0, 0.1) is 11.6 Å². The Labute approximate surface area is 147 Å². The number of nitrogens with zero attached hydrogens (tertiary/aromatic N) is 1. The molecule has 1 heterocycles. The lowest BCUT2D eigenvalue weighted by Crippen LogP contribution is -2.08. The molecule has 4 nitrogen and oxygen atoms in total. The Bertz CT molecular complexity index is 963. The second-order valence-electron chi connectivity index (χ2n) is 5.19. The van der Waals surface area contributed by atoms with E-state index < -0.39 is 17.6 Å². The summed E-state index contributed by atoms with van der Waals surface area (Å²) in [4.78, 5) is 16.3. The van der Waals surface area contributed by atoms with E-state index in [0.29, 0.717) is 27.3 Å². The molecular formula is C18H13ClF2N2O2. The molecule has 0 unspecified atom stereocenters. The Balaban J connectivity index is 2.11. The number of anilines is 2. The molecule has 128 valence electrons. The smallest absolute Gasteiger partial charge is 0.357 e. The first-order valence-corrected chi connectivity index (χ1v) is 7.85. The Morgan fingerprint density at radius 3 is 2.68 bits per heavy atom. The summed E-state index contributed by atoms with van der Waals surface area (Å²) in [5, 5.41) is 4.07. The van der Waals surface area contributed by atoms with Gasteiger partial charge in [0.25, 0.3) is 0 Å². The molecule has 0 spiro atoms. The van der Waals surface area contributed by atoms with Crippen molar-refractivity contribution in [3.8, 4) is 0 Å². The standard InChI is InChI=1S/C18H13ClF2N2O2/c1-2-25-18(24)17-9-16(12-7-10(19)3-6-15(12)23-17)22-11-4-5-13(20)14(21)8-11/h3-9H,2H2,1H3,(H,22,23). The third-order valence-electron chi connectivity index (χ3n) is 3.45. The molecule has 0 radical (unpaired) electrons. The second kappa shape index (κ2) is 7.03. The number of carbonyl (C=O) groups is 1. The van der Waals surface area contributed by atoms with Gasteiger partial charge in [-0.25, -0.2) is 18.6 Å². The normalized spacial score (nSPS) is 10.7. The third kappa shape index (κ3) is 3.69. The van der Waals surface area contributed by atoms with Crippen LogP contribution in [0.2, 0.25) is 5.02 Å². The highest BCUT2D eigenvalue weighted by Crippen LogP contribution is 2.29. The van der Waals surface area contributed by atoms with Crippen molar-refractivity contribution in [2.24, 2.45) is 0 Å². The van der Waals surface area contributed by atoms with Gasteiger partial charge in [0.1, 0.15) is 0 Å². The molecule has 3 rings (SSSR count). The van der Waals surface area contributed by atoms with Gasteiger partial charge < -0.3 is 10.1 Å². The van der Waals surface area contributed by atoms with E-state index in [1.54, 1.807) is 25.1 Å². The van der Waals surface area contributed by atoms with Gasteiger partial charge in [-0.1, -0.05) is 11.6 Å². The second-order valence-corrected chi connectivity index (χ2v) is 5.63. The Morgan fingerprint density at radius 2 is 1.96 bits per heavy atom. The monoisotopic (exact) mass is 362 g/mol. The Hall–Kier alpha value is -2.73. The number of pyridine rings is 1. The van der Waals surface area contributed by atoms with Crippen LogP contribution in [0.3, 0.4) is 0 Å². The molecule has 1 aromatic heterocycles. The molecule has 7 heteroatoms. The maximum atomic E-state index is 13.4. The van der Waals surface area contributed by atoms with Gasteiger partial charge >= 0.3 is 5.97 Å². The lowest BCUT2D eigenvalue weighted by molar-refractivity contribution is 0.0520. The van der Waals surface area contributed by atoms with E-state index in [0.717, 1.165) is 12.1 Å². The number of esters is 1. The van der Waals surface area contributed by atoms with Crippen LogP contribution in [0.15, 0.2) is 42.5 Å². The zero-order valence-corrected chi connectivity index (χ0v) is 13.9. The average Bonchev–Trinajstić information content (AvgIpc) is 2.58. The quantitative estimate of drug-likeness (QED) is 0.657. The van der Waals surface area contributed by atoms with Gasteiger partial charge in [-0.05, 0) is 43.3 Å². The number of hydrogen-bond donors (Lipinski definition) is 1. The predicted molar refractivity (Wildman–Crippen MR) is 92.4 cm³/mol. The summed E-state index contributed by atoms with van der Waals surface area (Å²) in [5.41, 5.74) is 1.41. The fourth-order valence-electron chi connectivity index (χ4n) is 2.34. The summed E-state index contributed by atoms with van der Waals surface area (Å²) in [6.07, 6.45) is 0. The number of benzene rings is 2. The number of halogens is 3. The summed E-state index contributed by atoms with van der Waals surface area (Å²) in [7, 11) is 0. The third-order valence-corrected chi connectivity index (χ3v) is 3.69. The fraction of sp³-hybridized carbons (Fsp3) is 0.111. The van der Waals surface area contributed by atoms with E-state index in [4.69, 9.17) is 16.3 Å². The minimum Gasteiger partial charge on any atom is -0.461 e. The SMILES string of the molecule is CCOC(=O)c1cc(Nc2ccc(F)c(F)c2)c2cc(Cl)ccc2n1. The van der Waals surface area contributed by atoms with E-state index in [9.17, 15) is 13.6 Å². The maximum Gasteiger partial charge on any atom is 0.357 e. The molecule has 0 saturated heterocycles. The lowest BCUT2D eigenvalue weighted by atomic mass is 10.1. The van der Waals surface area contributed by atoms with Crippen molar-refractivity contribution < 1.29 is 18.3 Å². The summed E-state index contributed by atoms with van der Waals surface area (Å²) < 4.78 is 31.5. The van der Waals surface area contributed by atoms with Crippen molar-refractivity contribution in [1.82, 2.24) is 4.98 Å². The highest BCUT2D eigenvalue weighted by Gasteiger charge is 2.14. The molecule has 0 fully saturated rings. The van der Waals surface area contributed by atoms with Crippen molar-refractivity contribution in [3.05, 3.63) is 64.8 Å². The molecule has 0 saturated carbocycles. The first-order chi connectivity index (χ1) is 12.0. The molecule has 3 aromatic rings. The number of aromatic nitrogens is 1. The van der Waals surface area contributed by atoms with Gasteiger partial charge in [-0.3, -0.25) is 0 Å². The molecule has 0 atom stereocenters. The van der Waals surface area contributed by atoms with Gasteiger partial charge in [0, 0.05) is 22.2 Å². The van der Waals surface area contributed by atoms with Crippen LogP contribution in [-0.4, -0.2) is 17.6 Å². The van der Waals surface area contributed by atoms with Crippen molar-refractivity contribution in [2.75, 3.05) is 11.9 Å². The highest BCUT2D eigenvalue weighted by atomic mass is 35.5. The molecule has 25 heavy (non-hydrogen) atoms. The Morgan fingerprint density at radius 1 is 1.16 bits per heavy atom. The van der Waals surface area contributed by atoms with Gasteiger partial charge in [0.2, 0.25) is 0 Å². The average molecular weight is 363 g/mol. The topological polar surface area (TPSA) is 51.2 Å². The number of nitrogens with one attached hydrogen (secondary N) is 1. The van der Waals surface area contributed by atoms with E-state index in [-0.39, 0.29) is 12.3 Å². The lowest BCUT2D eigenvalue weighted by Gasteiger charge is -2.12. The number of rotatable bonds is 4. The van der Waals surface area contributed by atoms with E-state index in [2.05, 4.69) is 10.3 Å². The van der Waals surface area contributed by atoms with Gasteiger partial charge in [0.15, 0.2) is 17.3 Å².